The number of benzene rings is 2. The van der Waals surface area contributed by atoms with Crippen molar-refractivity contribution in [2.24, 2.45) is 0 Å². The average molecular weight is 404 g/mol. The predicted octanol–water partition coefficient (Wildman–Crippen LogP) is 2.26. The molecule has 0 heterocycles. The van der Waals surface area contributed by atoms with Crippen molar-refractivity contribution in [1.29, 1.82) is 0 Å². The Balaban J connectivity index is 2.07. The summed E-state index contributed by atoms with van der Waals surface area (Å²) < 4.78 is 25.3. The summed E-state index contributed by atoms with van der Waals surface area (Å²) in [7, 11) is 0.851. The van der Waals surface area contributed by atoms with Crippen LogP contribution in [0.15, 0.2) is 47.4 Å². The number of hydrogen-bond acceptors (Lipinski definition) is 4. The van der Waals surface area contributed by atoms with Crippen LogP contribution in [0.4, 0.5) is 5.69 Å². The Labute approximate surface area is 166 Å². The summed E-state index contributed by atoms with van der Waals surface area (Å²) >= 11 is 0. The fourth-order valence-electron chi connectivity index (χ4n) is 2.68. The molecule has 0 aliphatic carbocycles. The second-order valence-electron chi connectivity index (χ2n) is 6.79. The topological polar surface area (TPSA) is 86.8 Å². The zero-order valence-electron chi connectivity index (χ0n) is 16.7. The Morgan fingerprint density at radius 1 is 0.929 bits per heavy atom. The number of carbonyl (C=O) groups is 2. The van der Waals surface area contributed by atoms with Gasteiger partial charge in [0.1, 0.15) is 0 Å². The maximum Gasteiger partial charge on any atom is 0.254 e. The molecule has 2 aromatic rings. The van der Waals surface area contributed by atoms with Crippen molar-refractivity contribution >= 4 is 27.5 Å². The van der Waals surface area contributed by atoms with Gasteiger partial charge in [0.05, 0.1) is 11.4 Å². The van der Waals surface area contributed by atoms with E-state index < -0.39 is 10.0 Å². The van der Waals surface area contributed by atoms with E-state index in [9.17, 15) is 18.0 Å². The van der Waals surface area contributed by atoms with Crippen LogP contribution >= 0.6 is 0 Å². The smallest absolute Gasteiger partial charge is 0.254 e. The molecule has 2 amide bonds. The first-order valence-electron chi connectivity index (χ1n) is 8.68. The lowest BCUT2D eigenvalue weighted by atomic mass is 10.1. The number of nitrogens with zero attached hydrogens (tertiary/aromatic N) is 2. The van der Waals surface area contributed by atoms with E-state index in [2.05, 4.69) is 5.32 Å². The second-order valence-corrected chi connectivity index (χ2v) is 8.94. The monoisotopic (exact) mass is 403 g/mol. The molecule has 0 aliphatic rings. The van der Waals surface area contributed by atoms with Gasteiger partial charge in [0, 0.05) is 32.4 Å². The van der Waals surface area contributed by atoms with E-state index in [1.54, 1.807) is 0 Å². The molecule has 0 atom stereocenters. The second kappa shape index (κ2) is 8.53. The number of carbonyl (C=O) groups excluding carboxylic acids is 2. The Kier molecular flexibility index (Phi) is 6.58. The number of aryl methyl sites for hydroxylation is 2. The van der Waals surface area contributed by atoms with Crippen molar-refractivity contribution in [3.63, 3.8) is 0 Å². The van der Waals surface area contributed by atoms with Crippen LogP contribution in [-0.2, 0) is 14.8 Å². The highest BCUT2D eigenvalue weighted by atomic mass is 32.2. The van der Waals surface area contributed by atoms with E-state index in [0.717, 1.165) is 21.1 Å². The third-order valence-corrected chi connectivity index (χ3v) is 6.18. The molecular formula is C20H25N3O4S. The largest absolute Gasteiger partial charge is 0.332 e. The molecule has 28 heavy (non-hydrogen) atoms. The van der Waals surface area contributed by atoms with Crippen molar-refractivity contribution in [2.45, 2.75) is 18.7 Å². The minimum Gasteiger partial charge on any atom is -0.332 e. The van der Waals surface area contributed by atoms with Gasteiger partial charge in [0.15, 0.2) is 0 Å². The summed E-state index contributed by atoms with van der Waals surface area (Å²) in [5.41, 5.74) is 2.94. The summed E-state index contributed by atoms with van der Waals surface area (Å²) in [6.45, 7) is 3.69. The highest BCUT2D eigenvalue weighted by molar-refractivity contribution is 7.89. The van der Waals surface area contributed by atoms with Crippen molar-refractivity contribution < 1.29 is 18.0 Å². The first-order chi connectivity index (χ1) is 13.0. The van der Waals surface area contributed by atoms with Gasteiger partial charge in [-0.15, -0.1) is 0 Å². The first kappa shape index (κ1) is 21.6. The maximum absolute atomic E-state index is 12.5. The molecule has 7 nitrogen and oxygen atoms in total. The highest BCUT2D eigenvalue weighted by Gasteiger charge is 2.19. The van der Waals surface area contributed by atoms with Gasteiger partial charge in [0.25, 0.3) is 5.91 Å². The highest BCUT2D eigenvalue weighted by Crippen LogP contribution is 2.19. The third-order valence-electron chi connectivity index (χ3n) is 4.35. The normalized spacial score (nSPS) is 11.4. The fraction of sp³-hybridized carbons (Fsp3) is 0.300. The molecule has 0 saturated heterocycles. The van der Waals surface area contributed by atoms with Gasteiger partial charge in [-0.2, -0.15) is 0 Å². The molecule has 0 unspecified atom stereocenters. The van der Waals surface area contributed by atoms with Crippen LogP contribution in [0, 0.1) is 13.8 Å². The zero-order valence-corrected chi connectivity index (χ0v) is 17.5. The van der Waals surface area contributed by atoms with Crippen LogP contribution in [0.5, 0.6) is 0 Å². The average Bonchev–Trinajstić information content (AvgIpc) is 2.64. The number of para-hydroxylation sites is 1. The molecule has 0 spiro atoms. The number of likely N-dealkylation sites (N-methyl/N-ethyl adjacent to an activating group) is 1. The van der Waals surface area contributed by atoms with Gasteiger partial charge < -0.3 is 10.2 Å². The predicted molar refractivity (Wildman–Crippen MR) is 109 cm³/mol. The van der Waals surface area contributed by atoms with E-state index >= 15 is 0 Å². The van der Waals surface area contributed by atoms with Gasteiger partial charge in [-0.1, -0.05) is 18.2 Å². The van der Waals surface area contributed by atoms with E-state index in [-0.39, 0.29) is 23.3 Å². The number of rotatable bonds is 6. The van der Waals surface area contributed by atoms with Crippen LogP contribution in [0.25, 0.3) is 0 Å². The van der Waals surface area contributed by atoms with E-state index in [0.29, 0.717) is 5.56 Å². The number of hydrogen-bond donors (Lipinski definition) is 1. The number of sulfonamides is 1. The summed E-state index contributed by atoms with van der Waals surface area (Å²) in [6.07, 6.45) is 0. The quantitative estimate of drug-likeness (QED) is 0.802. The standard InChI is InChI=1S/C20H25N3O4S/c1-14-7-6-8-15(2)19(14)21-18(24)13-23(5)20(25)16-9-11-17(12-10-16)28(26,27)22(3)4/h6-12H,13H2,1-5H3,(H,21,24). The van der Waals surface area contributed by atoms with Crippen molar-refractivity contribution in [2.75, 3.05) is 33.0 Å². The SMILES string of the molecule is Cc1cccc(C)c1NC(=O)CN(C)C(=O)c1ccc(S(=O)(=O)N(C)C)cc1. The molecule has 0 aliphatic heterocycles. The number of anilines is 1. The lowest BCUT2D eigenvalue weighted by molar-refractivity contribution is -0.116. The summed E-state index contributed by atoms with van der Waals surface area (Å²) in [5, 5.41) is 2.84. The van der Waals surface area contributed by atoms with Gasteiger partial charge >= 0.3 is 0 Å². The van der Waals surface area contributed by atoms with E-state index in [1.165, 1.54) is 50.3 Å². The molecule has 0 radical (unpaired) electrons. The van der Waals surface area contributed by atoms with Gasteiger partial charge in [-0.25, -0.2) is 12.7 Å². The van der Waals surface area contributed by atoms with Crippen molar-refractivity contribution in [3.05, 3.63) is 59.2 Å². The summed E-state index contributed by atoms with van der Waals surface area (Å²) in [5.74, 6) is -0.675. The minimum absolute atomic E-state index is 0.101. The first-order valence-corrected chi connectivity index (χ1v) is 10.1. The van der Waals surface area contributed by atoms with Crippen molar-refractivity contribution in [3.8, 4) is 0 Å². The van der Waals surface area contributed by atoms with Crippen molar-refractivity contribution in [1.82, 2.24) is 9.21 Å². The molecular weight excluding hydrogens is 378 g/mol. The Bertz CT molecular complexity index is 963. The number of amides is 2. The molecule has 0 fully saturated rings. The molecule has 0 saturated carbocycles. The Morgan fingerprint density at radius 3 is 1.96 bits per heavy atom. The van der Waals surface area contributed by atoms with Gasteiger partial charge in [-0.3, -0.25) is 9.59 Å². The van der Waals surface area contributed by atoms with E-state index in [4.69, 9.17) is 0 Å². The number of nitrogens with one attached hydrogen (secondary N) is 1. The van der Waals surface area contributed by atoms with Gasteiger partial charge in [-0.05, 0) is 49.2 Å². The molecule has 2 rings (SSSR count). The van der Waals surface area contributed by atoms with Crippen LogP contribution in [0.2, 0.25) is 0 Å². The van der Waals surface area contributed by atoms with Crippen LogP contribution in [-0.4, -0.2) is 57.1 Å². The Morgan fingerprint density at radius 2 is 1.46 bits per heavy atom. The molecule has 1 N–H and O–H groups in total. The van der Waals surface area contributed by atoms with Crippen LogP contribution in [0.3, 0.4) is 0 Å². The summed E-state index contributed by atoms with van der Waals surface area (Å²) in [6, 6.07) is 11.4. The van der Waals surface area contributed by atoms with Crippen LogP contribution in [0.1, 0.15) is 21.5 Å². The minimum atomic E-state index is -3.56. The Hall–Kier alpha value is -2.71. The van der Waals surface area contributed by atoms with E-state index in [1.807, 2.05) is 32.0 Å². The summed E-state index contributed by atoms with van der Waals surface area (Å²) in [4.78, 5) is 26.3. The zero-order chi connectivity index (χ0) is 21.1. The lowest BCUT2D eigenvalue weighted by Gasteiger charge is -2.18. The molecule has 2 aromatic carbocycles. The molecule has 0 aromatic heterocycles. The maximum atomic E-state index is 12.5. The molecule has 0 bridgehead atoms. The lowest BCUT2D eigenvalue weighted by Crippen LogP contribution is -2.35. The van der Waals surface area contributed by atoms with Crippen LogP contribution < -0.4 is 5.32 Å². The molecule has 150 valence electrons. The third kappa shape index (κ3) is 4.76. The molecule has 8 heteroatoms. The fourth-order valence-corrected chi connectivity index (χ4v) is 3.58. The van der Waals surface area contributed by atoms with Gasteiger partial charge in [0.2, 0.25) is 15.9 Å².